The lowest BCUT2D eigenvalue weighted by Gasteiger charge is -2.35. The van der Waals surface area contributed by atoms with Crippen molar-refractivity contribution in [1.82, 2.24) is 60.5 Å². The van der Waals surface area contributed by atoms with E-state index < -0.39 is 41.4 Å². The van der Waals surface area contributed by atoms with Crippen molar-refractivity contribution in [2.45, 2.75) is 79.4 Å². The molecule has 3 atom stereocenters. The molecule has 1 saturated heterocycles. The second-order valence-corrected chi connectivity index (χ2v) is 22.1. The fourth-order valence-corrected chi connectivity index (χ4v) is 10.0. The molecule has 0 aliphatic carbocycles. The highest BCUT2D eigenvalue weighted by molar-refractivity contribution is 7.13. The van der Waals surface area contributed by atoms with Crippen LogP contribution in [0.4, 0.5) is 11.6 Å². The summed E-state index contributed by atoms with van der Waals surface area (Å²) in [5.74, 6) is -1.65. The minimum atomic E-state index is -1.01. The molecule has 1 aliphatic heterocycles. The molecule has 0 saturated carbocycles. The zero-order valence-electron chi connectivity index (χ0n) is 48.5. The van der Waals surface area contributed by atoms with E-state index in [0.717, 1.165) is 32.8 Å². The van der Waals surface area contributed by atoms with Gasteiger partial charge in [0, 0.05) is 65.3 Å². The lowest BCUT2D eigenvalue weighted by Crippen LogP contribution is -2.58. The van der Waals surface area contributed by atoms with Crippen LogP contribution >= 0.6 is 11.3 Å². The smallest absolute Gasteiger partial charge is 0.329 e. The van der Waals surface area contributed by atoms with Gasteiger partial charge in [-0.25, -0.2) is 9.78 Å². The number of likely N-dealkylation sites (tertiary alicyclic amines) is 1. The topological polar surface area (TPSA) is 366 Å². The van der Waals surface area contributed by atoms with E-state index in [4.69, 9.17) is 35.5 Å². The van der Waals surface area contributed by atoms with E-state index in [1.54, 1.807) is 93.8 Å². The maximum Gasteiger partial charge on any atom is 0.329 e. The SMILES string of the molecule is C.Cc1ncsc1-c1ccc(CNC(=O)[C@@H]2C[C@@H](O)CN2C(=O)[C@@H](NC(=O)COCCOCCn2cc(-c3cc(-c4ccccc4O)nnc3N)cn2)C(C)(C)C)cc1.Nc1nnc(-c2ccccc2O)cc1-c1cnn(CCOCCOCC(=O)O)c1. The number of aliphatic hydroxyl groups excluding tert-OH is 1. The van der Waals surface area contributed by atoms with E-state index in [1.807, 2.05) is 69.9 Å². The summed E-state index contributed by atoms with van der Waals surface area (Å²) in [5, 5.41) is 69.9. The second kappa shape index (κ2) is 31.4. The highest BCUT2D eigenvalue weighted by Gasteiger charge is 2.44. The quantitative estimate of drug-likeness (QED) is 0.0305. The van der Waals surface area contributed by atoms with Crippen LogP contribution in [-0.4, -0.2) is 172 Å². The Morgan fingerprint density at radius 3 is 1.73 bits per heavy atom. The van der Waals surface area contributed by atoms with Crippen LogP contribution in [0.3, 0.4) is 0 Å². The minimum Gasteiger partial charge on any atom is -0.507 e. The van der Waals surface area contributed by atoms with Crippen molar-refractivity contribution in [2.75, 3.05) is 70.9 Å². The normalized spacial score (nSPS) is 14.1. The molecule has 0 spiro atoms. The molecule has 0 bridgehead atoms. The molecule has 27 heteroatoms. The average molecular weight is 1230 g/mol. The van der Waals surface area contributed by atoms with E-state index >= 15 is 0 Å². The van der Waals surface area contributed by atoms with Gasteiger partial charge in [-0.05, 0) is 59.9 Å². The largest absolute Gasteiger partial charge is 0.507 e. The summed E-state index contributed by atoms with van der Waals surface area (Å²) in [6, 6.07) is 23.2. The van der Waals surface area contributed by atoms with E-state index in [2.05, 4.69) is 46.2 Å². The number of anilines is 2. The number of thiazole rings is 1. The summed E-state index contributed by atoms with van der Waals surface area (Å²) in [7, 11) is 0. The number of aryl methyl sites for hydroxylation is 1. The van der Waals surface area contributed by atoms with Crippen molar-refractivity contribution in [1.29, 1.82) is 0 Å². The molecule has 1 aliphatic rings. The van der Waals surface area contributed by atoms with Gasteiger partial charge in [-0.3, -0.25) is 23.7 Å². The number of rotatable bonds is 26. The van der Waals surface area contributed by atoms with Crippen LogP contribution in [0.5, 0.6) is 11.5 Å². The van der Waals surface area contributed by atoms with E-state index in [1.165, 1.54) is 4.90 Å². The molecule has 9 rings (SSSR count). The number of carbonyl (C=O) groups is 4. The molecule has 1 fully saturated rings. The number of ether oxygens (including phenoxy) is 4. The van der Waals surface area contributed by atoms with Gasteiger partial charge in [0.1, 0.15) is 36.8 Å². The number of nitrogen functional groups attached to an aromatic ring is 2. The monoisotopic (exact) mass is 1230 g/mol. The molecule has 0 unspecified atom stereocenters. The number of aliphatic hydroxyl groups is 1. The van der Waals surface area contributed by atoms with Gasteiger partial charge in [0.15, 0.2) is 11.6 Å². The minimum absolute atomic E-state index is 0. The molecule has 6 heterocycles. The Bertz CT molecular complexity index is 3610. The molecule has 88 heavy (non-hydrogen) atoms. The Labute approximate surface area is 512 Å². The predicted molar refractivity (Wildman–Crippen MR) is 329 cm³/mol. The number of benzene rings is 3. The highest BCUT2D eigenvalue weighted by Crippen LogP contribution is 2.34. The Morgan fingerprint density at radius 2 is 1.23 bits per heavy atom. The van der Waals surface area contributed by atoms with Gasteiger partial charge in [-0.1, -0.05) is 76.7 Å². The van der Waals surface area contributed by atoms with Gasteiger partial charge in [0.25, 0.3) is 0 Å². The summed E-state index contributed by atoms with van der Waals surface area (Å²) in [4.78, 5) is 57.4. The Morgan fingerprint density at radius 1 is 0.705 bits per heavy atom. The number of amides is 3. The predicted octanol–water partition coefficient (Wildman–Crippen LogP) is 5.62. The van der Waals surface area contributed by atoms with Crippen LogP contribution in [0.15, 0.2) is 115 Å². The summed E-state index contributed by atoms with van der Waals surface area (Å²) >= 11 is 1.57. The Kier molecular flexibility index (Phi) is 23.7. The Balaban J connectivity index is 0.000000308. The number of phenolic OH excluding ortho intramolecular Hbond substituents is 2. The fourth-order valence-electron chi connectivity index (χ4n) is 9.22. The number of nitrogens with one attached hydrogen (secondary N) is 2. The molecule has 10 N–H and O–H groups in total. The standard InChI is InChI=1S/C41H49N9O7S.C19H21N5O5.CH4/c1-25-36(58-24-44-25)27-11-9-26(10-12-27)19-43-39(54)33-17-29(51)22-50(33)40(55)37(41(2,3)4)46-35(53)23-57-16-15-56-14-13-49-21-28(20-45-49)31-18-32(47-48-38(31)42)30-7-5-6-8-34(30)52;20-19-15(9-16(22-23-19)14-3-1-2-4-17(14)25)13-10-21-24(11-13)5-6-28-7-8-29-12-18(26)27;/h5-12,18,20-21,24,29,33,37,51-52H,13-17,19,22-23H2,1-4H3,(H2,42,48)(H,43,54)(H,46,53);1-4,9-11,25H,5-8,12H2,(H2,20,23)(H,26,27);1H4/t29-,33+,37-;;/m1../s1. The molecule has 26 nitrogen and oxygen atoms in total. The number of aliphatic carboxylic acids is 1. The van der Waals surface area contributed by atoms with Crippen LogP contribution in [-0.2, 0) is 57.8 Å². The Hall–Kier alpha value is -9.25. The molecule has 3 aromatic carbocycles. The fraction of sp³-hybridized carbons (Fsp3) is 0.361. The van der Waals surface area contributed by atoms with Crippen LogP contribution < -0.4 is 22.1 Å². The number of phenols is 2. The molecule has 0 radical (unpaired) electrons. The van der Waals surface area contributed by atoms with E-state index in [9.17, 15) is 34.5 Å². The van der Waals surface area contributed by atoms with Gasteiger partial charge in [0.05, 0.1) is 98.7 Å². The molecular formula is C61H74N14O12S. The van der Waals surface area contributed by atoms with Crippen molar-refractivity contribution < 1.29 is 58.6 Å². The lowest BCUT2D eigenvalue weighted by atomic mass is 9.85. The van der Waals surface area contributed by atoms with Gasteiger partial charge < -0.3 is 66.4 Å². The second-order valence-electron chi connectivity index (χ2n) is 21.2. The first-order valence-electron chi connectivity index (χ1n) is 27.8. The molecule has 466 valence electrons. The summed E-state index contributed by atoms with van der Waals surface area (Å²) < 4.78 is 24.9. The van der Waals surface area contributed by atoms with Gasteiger partial charge in [0.2, 0.25) is 17.7 Å². The number of aromatic nitrogens is 9. The third-order valence-electron chi connectivity index (χ3n) is 13.7. The third-order valence-corrected chi connectivity index (χ3v) is 14.7. The number of carboxylic acids is 1. The van der Waals surface area contributed by atoms with Crippen LogP contribution in [0.2, 0.25) is 0 Å². The molecular weight excluding hydrogens is 1150 g/mol. The number of β-amino-alcohol motifs (C(OH)–C–C–N with tert-alkyl or cyclic N) is 1. The average Bonchev–Trinajstić information content (AvgIpc) is 2.92. The molecule has 3 amide bonds. The van der Waals surface area contributed by atoms with Crippen LogP contribution in [0.25, 0.3) is 55.2 Å². The van der Waals surface area contributed by atoms with Gasteiger partial charge in [-0.2, -0.15) is 10.2 Å². The number of carboxylic acid groups (broad SMARTS) is 1. The zero-order chi connectivity index (χ0) is 62.0. The van der Waals surface area contributed by atoms with Gasteiger partial charge in [-0.15, -0.1) is 31.7 Å². The maximum absolute atomic E-state index is 13.9. The number of nitrogens with zero attached hydrogens (tertiary/aromatic N) is 10. The maximum atomic E-state index is 13.9. The number of nitrogens with two attached hydrogens (primary N) is 2. The molecule has 5 aromatic heterocycles. The van der Waals surface area contributed by atoms with Crippen molar-refractivity contribution in [3.05, 3.63) is 126 Å². The van der Waals surface area contributed by atoms with Crippen molar-refractivity contribution in [2.24, 2.45) is 5.41 Å². The summed E-state index contributed by atoms with van der Waals surface area (Å²) in [6.07, 6.45) is 6.16. The van der Waals surface area contributed by atoms with Crippen LogP contribution in [0, 0.1) is 12.3 Å². The lowest BCUT2D eigenvalue weighted by molar-refractivity contribution is -0.144. The first-order chi connectivity index (χ1) is 41.8. The van der Waals surface area contributed by atoms with Crippen molar-refractivity contribution in [3.8, 4) is 66.7 Å². The first-order valence-corrected chi connectivity index (χ1v) is 28.7. The summed E-state index contributed by atoms with van der Waals surface area (Å²) in [6.45, 7) is 9.53. The first kappa shape index (κ1) is 66.3. The van der Waals surface area contributed by atoms with E-state index in [0.29, 0.717) is 66.6 Å². The number of hydrogen-bond donors (Lipinski definition) is 8. The van der Waals surface area contributed by atoms with Crippen molar-refractivity contribution >= 4 is 46.7 Å². The zero-order valence-corrected chi connectivity index (χ0v) is 49.3. The number of carbonyl (C=O) groups excluding carboxylic acids is 3. The summed E-state index contributed by atoms with van der Waals surface area (Å²) in [5.41, 5.74) is 20.9. The van der Waals surface area contributed by atoms with Gasteiger partial charge >= 0.3 is 5.97 Å². The number of aromatic hydroxyl groups is 2. The number of hydrogen-bond acceptors (Lipinski definition) is 21. The highest BCUT2D eigenvalue weighted by atomic mass is 32.1. The van der Waals surface area contributed by atoms with E-state index in [-0.39, 0.29) is 89.0 Å². The van der Waals surface area contributed by atoms with Crippen molar-refractivity contribution in [3.63, 3.8) is 0 Å². The third kappa shape index (κ3) is 18.2. The number of para-hydroxylation sites is 2. The van der Waals surface area contributed by atoms with Crippen LogP contribution in [0.1, 0.15) is 45.9 Å². The molecule has 8 aromatic rings.